The van der Waals surface area contributed by atoms with E-state index in [1.165, 1.54) is 38.9 Å². The lowest BCUT2D eigenvalue weighted by Gasteiger charge is -2.31. The second-order valence-corrected chi connectivity index (χ2v) is 11.2. The monoisotopic (exact) mass is 430 g/mol. The van der Waals surface area contributed by atoms with Crippen molar-refractivity contribution in [2.45, 2.75) is 56.8 Å². The first-order chi connectivity index (χ1) is 15.7. The van der Waals surface area contributed by atoms with E-state index in [9.17, 15) is 0 Å². The van der Waals surface area contributed by atoms with Crippen molar-refractivity contribution in [2.75, 3.05) is 0 Å². The first-order valence-electron chi connectivity index (χ1n) is 12.0. The van der Waals surface area contributed by atoms with Crippen LogP contribution in [0.2, 0.25) is 0 Å². The van der Waals surface area contributed by atoms with Crippen LogP contribution in [0.3, 0.4) is 0 Å². The first kappa shape index (κ1) is 21.7. The predicted molar refractivity (Wildman–Crippen MR) is 143 cm³/mol. The van der Waals surface area contributed by atoms with Crippen LogP contribution >= 0.6 is 0 Å². The van der Waals surface area contributed by atoms with Gasteiger partial charge in [-0.3, -0.25) is 0 Å². The second kappa shape index (κ2) is 7.45. The van der Waals surface area contributed by atoms with Crippen LogP contribution in [0.5, 0.6) is 0 Å². The molecule has 2 aliphatic rings. The maximum absolute atomic E-state index is 4.33. The topological polar surface area (TPSA) is 0 Å². The molecule has 0 fully saturated rings. The second-order valence-electron chi connectivity index (χ2n) is 11.2. The van der Waals surface area contributed by atoms with Gasteiger partial charge in [-0.1, -0.05) is 114 Å². The quantitative estimate of drug-likeness (QED) is 0.363. The Labute approximate surface area is 199 Å². The number of benzene rings is 3. The van der Waals surface area contributed by atoms with Gasteiger partial charge in [0, 0.05) is 5.41 Å². The number of fused-ring (bicyclic) bond motifs is 4. The van der Waals surface area contributed by atoms with Gasteiger partial charge in [0.25, 0.3) is 0 Å². The van der Waals surface area contributed by atoms with E-state index >= 15 is 0 Å². The van der Waals surface area contributed by atoms with Gasteiger partial charge in [-0.05, 0) is 80.3 Å². The fraction of sp³-hybridized carbons (Fsp3) is 0.273. The van der Waals surface area contributed by atoms with E-state index in [4.69, 9.17) is 0 Å². The molecule has 33 heavy (non-hydrogen) atoms. The molecule has 166 valence electrons. The minimum absolute atomic E-state index is 0.0287. The highest BCUT2D eigenvalue weighted by Gasteiger charge is 2.56. The largest absolute Gasteiger partial charge is 0.0991 e. The molecule has 3 aromatic rings. The number of hydrogen-bond donors (Lipinski definition) is 0. The van der Waals surface area contributed by atoms with Gasteiger partial charge >= 0.3 is 0 Å². The zero-order chi connectivity index (χ0) is 23.4. The Morgan fingerprint density at radius 1 is 0.727 bits per heavy atom. The van der Waals surface area contributed by atoms with E-state index < -0.39 is 0 Å². The molecule has 0 nitrogen and oxygen atoms in total. The third-order valence-corrected chi connectivity index (χ3v) is 7.93. The summed E-state index contributed by atoms with van der Waals surface area (Å²) in [5.74, 6) is 0. The normalized spacial score (nSPS) is 21.8. The van der Waals surface area contributed by atoms with Gasteiger partial charge in [0.1, 0.15) is 0 Å². The minimum atomic E-state index is 0.0287. The molecule has 0 heterocycles. The maximum Gasteiger partial charge on any atom is 0.0225 e. The molecule has 0 N–H and O–H groups in total. The summed E-state index contributed by atoms with van der Waals surface area (Å²) in [5, 5.41) is 0. The summed E-state index contributed by atoms with van der Waals surface area (Å²) in [5.41, 5.74) is 11.1. The maximum atomic E-state index is 4.33. The number of hydrogen-bond acceptors (Lipinski definition) is 0. The lowest BCUT2D eigenvalue weighted by atomic mass is 9.72. The highest BCUT2D eigenvalue weighted by Crippen LogP contribution is 2.63. The zero-order valence-electron chi connectivity index (χ0n) is 20.4. The number of allylic oxidation sites excluding steroid dienone is 4. The fourth-order valence-electron chi connectivity index (χ4n) is 6.64. The molecule has 3 aromatic carbocycles. The molecule has 1 spiro atoms. The van der Waals surface area contributed by atoms with Crippen molar-refractivity contribution in [1.82, 2.24) is 0 Å². The molecule has 2 aliphatic carbocycles. The van der Waals surface area contributed by atoms with Crippen LogP contribution in [0.15, 0.2) is 98.1 Å². The molecule has 1 atom stereocenters. The van der Waals surface area contributed by atoms with Crippen LogP contribution in [0.25, 0.3) is 16.7 Å². The molecule has 5 rings (SSSR count). The molecule has 0 aromatic heterocycles. The van der Waals surface area contributed by atoms with E-state index in [0.29, 0.717) is 0 Å². The highest BCUT2D eigenvalue weighted by molar-refractivity contribution is 5.75. The van der Waals surface area contributed by atoms with E-state index in [1.807, 2.05) is 12.2 Å². The van der Waals surface area contributed by atoms with Gasteiger partial charge in [-0.2, -0.15) is 0 Å². The SMILES string of the molecule is C=C/C=C\C(=C)c1ccc2c(c1)C1(CC2(C)C)CC(C)(C)c2ccc(-c3ccccc3)cc21. The van der Waals surface area contributed by atoms with E-state index in [0.717, 1.165) is 18.4 Å². The molecule has 0 amide bonds. The molecule has 0 bridgehead atoms. The zero-order valence-corrected chi connectivity index (χ0v) is 20.4. The first-order valence-corrected chi connectivity index (χ1v) is 12.0. The van der Waals surface area contributed by atoms with Crippen LogP contribution in [0, 0.1) is 0 Å². The Balaban J connectivity index is 1.73. The average Bonchev–Trinajstić information content (AvgIpc) is 3.17. The summed E-state index contributed by atoms with van der Waals surface area (Å²) in [6.45, 7) is 17.8. The fourth-order valence-corrected chi connectivity index (χ4v) is 6.64. The van der Waals surface area contributed by atoms with Gasteiger partial charge in [-0.25, -0.2) is 0 Å². The van der Waals surface area contributed by atoms with Crippen molar-refractivity contribution in [1.29, 1.82) is 0 Å². The van der Waals surface area contributed by atoms with Gasteiger partial charge in [0.05, 0.1) is 0 Å². The molecule has 0 radical (unpaired) electrons. The summed E-state index contributed by atoms with van der Waals surface area (Å²) >= 11 is 0. The summed E-state index contributed by atoms with van der Waals surface area (Å²) < 4.78 is 0. The summed E-state index contributed by atoms with van der Waals surface area (Å²) in [4.78, 5) is 0. The summed E-state index contributed by atoms with van der Waals surface area (Å²) in [7, 11) is 0. The van der Waals surface area contributed by atoms with Crippen molar-refractivity contribution in [3.05, 3.63) is 126 Å². The van der Waals surface area contributed by atoms with E-state index in [1.54, 1.807) is 0 Å². The van der Waals surface area contributed by atoms with Crippen LogP contribution in [0.4, 0.5) is 0 Å². The van der Waals surface area contributed by atoms with E-state index in [2.05, 4.69) is 114 Å². The summed E-state index contributed by atoms with van der Waals surface area (Å²) in [6, 6.07) is 25.0. The molecule has 0 saturated heterocycles. The lowest BCUT2D eigenvalue weighted by molar-refractivity contribution is 0.349. The van der Waals surface area contributed by atoms with Gasteiger partial charge in [-0.15, -0.1) is 0 Å². The van der Waals surface area contributed by atoms with Crippen LogP contribution < -0.4 is 0 Å². The number of rotatable bonds is 4. The molecular weight excluding hydrogens is 396 g/mol. The van der Waals surface area contributed by atoms with Crippen LogP contribution in [-0.2, 0) is 16.2 Å². The predicted octanol–water partition coefficient (Wildman–Crippen LogP) is 8.76. The van der Waals surface area contributed by atoms with Crippen molar-refractivity contribution >= 4 is 5.57 Å². The van der Waals surface area contributed by atoms with E-state index in [-0.39, 0.29) is 16.2 Å². The Morgan fingerprint density at radius 3 is 1.97 bits per heavy atom. The van der Waals surface area contributed by atoms with Crippen LogP contribution in [-0.4, -0.2) is 0 Å². The van der Waals surface area contributed by atoms with Crippen molar-refractivity contribution < 1.29 is 0 Å². The smallest absolute Gasteiger partial charge is 0.0225 e. The van der Waals surface area contributed by atoms with Crippen LogP contribution in [0.1, 0.15) is 68.4 Å². The van der Waals surface area contributed by atoms with Gasteiger partial charge in [0.2, 0.25) is 0 Å². The molecular formula is C33H34. The highest BCUT2D eigenvalue weighted by atomic mass is 14.6. The van der Waals surface area contributed by atoms with Crippen molar-refractivity contribution in [3.63, 3.8) is 0 Å². The Bertz CT molecular complexity index is 1280. The average molecular weight is 431 g/mol. The molecule has 1 unspecified atom stereocenters. The third-order valence-electron chi connectivity index (χ3n) is 7.93. The van der Waals surface area contributed by atoms with Gasteiger partial charge < -0.3 is 0 Å². The van der Waals surface area contributed by atoms with Gasteiger partial charge in [0.15, 0.2) is 0 Å². The summed E-state index contributed by atoms with van der Waals surface area (Å²) in [6.07, 6.45) is 8.12. The Kier molecular flexibility index (Phi) is 4.90. The standard InChI is InChI=1S/C33H34/c1-7-8-12-23(2)25-15-17-27-29(19-25)33(21-31(27,3)4)22-32(5,6)28-18-16-26(20-30(28)33)24-13-10-9-11-14-24/h7-20H,1-2,21-22H2,3-6H3/b12-8-. The molecule has 0 saturated carbocycles. The van der Waals surface area contributed by atoms with Crippen molar-refractivity contribution in [3.8, 4) is 11.1 Å². The Morgan fingerprint density at radius 2 is 1.33 bits per heavy atom. The Hall–Kier alpha value is -3.12. The lowest BCUT2D eigenvalue weighted by Crippen LogP contribution is -2.27. The molecule has 0 aliphatic heterocycles. The molecule has 0 heteroatoms. The third kappa shape index (κ3) is 3.35. The van der Waals surface area contributed by atoms with Crippen molar-refractivity contribution in [2.24, 2.45) is 0 Å². The minimum Gasteiger partial charge on any atom is -0.0991 e.